The Morgan fingerprint density at radius 3 is 2.00 bits per heavy atom. The summed E-state index contributed by atoms with van der Waals surface area (Å²) < 4.78 is 28.1. The fraction of sp³-hybridized carbons (Fsp3) is 0.0417. The van der Waals surface area contributed by atoms with Gasteiger partial charge in [-0.05, 0) is 55.0 Å². The van der Waals surface area contributed by atoms with E-state index in [4.69, 9.17) is 0 Å². The van der Waals surface area contributed by atoms with Crippen LogP contribution in [0.2, 0.25) is 0 Å². The quantitative estimate of drug-likeness (QED) is 0.413. The zero-order valence-corrected chi connectivity index (χ0v) is 16.6. The van der Waals surface area contributed by atoms with Crippen LogP contribution in [0.25, 0.3) is 27.5 Å². The second-order valence-corrected chi connectivity index (χ2v) is 8.96. The Morgan fingerprint density at radius 1 is 0.759 bits per heavy atom. The van der Waals surface area contributed by atoms with Crippen molar-refractivity contribution in [3.05, 3.63) is 96.8 Å². The van der Waals surface area contributed by atoms with E-state index in [1.165, 1.54) is 17.0 Å². The first-order valence-corrected chi connectivity index (χ1v) is 10.8. The van der Waals surface area contributed by atoms with E-state index in [2.05, 4.69) is 33.8 Å². The van der Waals surface area contributed by atoms with E-state index in [9.17, 15) is 8.42 Å². The molecule has 142 valence electrons. The predicted octanol–water partition coefficient (Wildman–Crippen LogP) is 5.32. The van der Waals surface area contributed by atoms with Gasteiger partial charge in [-0.15, -0.1) is 0 Å². The number of hydrogen-bond donors (Lipinski definition) is 0. The van der Waals surface area contributed by atoms with E-state index in [-0.39, 0.29) is 9.79 Å². The predicted molar refractivity (Wildman–Crippen MR) is 115 cm³/mol. The molecule has 0 aliphatic heterocycles. The third-order valence-electron chi connectivity index (χ3n) is 5.24. The van der Waals surface area contributed by atoms with Crippen LogP contribution in [0, 0.1) is 6.92 Å². The summed E-state index contributed by atoms with van der Waals surface area (Å²) in [6.07, 6.45) is 2.95. The Balaban J connectivity index is 1.73. The molecular formula is C24H18N2O2S. The number of fused-ring (bicyclic) bond motifs is 3. The smallest absolute Gasteiger partial charge is 0.208 e. The summed E-state index contributed by atoms with van der Waals surface area (Å²) in [5.74, 6) is 0. The van der Waals surface area contributed by atoms with Gasteiger partial charge in [-0.3, -0.25) is 4.98 Å². The monoisotopic (exact) mass is 398 g/mol. The lowest BCUT2D eigenvalue weighted by atomic mass is 10.2. The first-order valence-electron chi connectivity index (χ1n) is 9.32. The minimum absolute atomic E-state index is 0.198. The van der Waals surface area contributed by atoms with Gasteiger partial charge in [0.25, 0.3) is 0 Å². The number of hydrogen-bond acceptors (Lipinski definition) is 3. The van der Waals surface area contributed by atoms with Gasteiger partial charge < -0.3 is 4.57 Å². The summed E-state index contributed by atoms with van der Waals surface area (Å²) in [4.78, 5) is 4.41. The van der Waals surface area contributed by atoms with Crippen molar-refractivity contribution in [2.24, 2.45) is 0 Å². The lowest BCUT2D eigenvalue weighted by Crippen LogP contribution is -2.04. The molecule has 0 atom stereocenters. The Hall–Kier alpha value is -3.44. The molecule has 29 heavy (non-hydrogen) atoms. The van der Waals surface area contributed by atoms with Crippen LogP contribution in [0.3, 0.4) is 0 Å². The second kappa shape index (κ2) is 6.57. The molecule has 0 radical (unpaired) electrons. The molecule has 0 bridgehead atoms. The molecule has 4 nitrogen and oxygen atoms in total. The molecule has 0 unspecified atom stereocenters. The fourth-order valence-electron chi connectivity index (χ4n) is 3.87. The molecular weight excluding hydrogens is 380 g/mol. The van der Waals surface area contributed by atoms with Gasteiger partial charge >= 0.3 is 0 Å². The molecule has 5 aromatic rings. The van der Waals surface area contributed by atoms with Gasteiger partial charge in [0.05, 0.1) is 20.8 Å². The average molecular weight is 398 g/mol. The number of aryl methyl sites for hydroxylation is 1. The zero-order valence-electron chi connectivity index (χ0n) is 15.8. The molecule has 0 N–H and O–H groups in total. The lowest BCUT2D eigenvalue weighted by molar-refractivity contribution is 0.595. The highest BCUT2D eigenvalue weighted by molar-refractivity contribution is 7.91. The number of nitrogens with zero attached hydrogens (tertiary/aromatic N) is 2. The first kappa shape index (κ1) is 17.6. The van der Waals surface area contributed by atoms with Crippen LogP contribution in [0.5, 0.6) is 0 Å². The molecule has 0 spiro atoms. The summed E-state index contributed by atoms with van der Waals surface area (Å²) in [5.41, 5.74) is 4.05. The molecule has 3 aromatic carbocycles. The van der Waals surface area contributed by atoms with Crippen molar-refractivity contribution in [1.29, 1.82) is 0 Å². The number of benzene rings is 3. The maximum absolute atomic E-state index is 13.0. The molecule has 0 amide bonds. The largest absolute Gasteiger partial charge is 0.309 e. The molecule has 5 heteroatoms. The number of para-hydroxylation sites is 2. The van der Waals surface area contributed by atoms with E-state index >= 15 is 0 Å². The summed E-state index contributed by atoms with van der Waals surface area (Å²) in [6.45, 7) is 1.95. The maximum Gasteiger partial charge on any atom is 0.208 e. The molecule has 0 saturated carbocycles. The number of rotatable bonds is 3. The van der Waals surface area contributed by atoms with Crippen LogP contribution in [0.1, 0.15) is 5.56 Å². The highest BCUT2D eigenvalue weighted by atomic mass is 32.2. The minimum atomic E-state index is -3.60. The van der Waals surface area contributed by atoms with Crippen molar-refractivity contribution in [1.82, 2.24) is 9.55 Å². The molecule has 5 rings (SSSR count). The highest BCUT2D eigenvalue weighted by Gasteiger charge is 2.20. The minimum Gasteiger partial charge on any atom is -0.309 e. The molecule has 2 heterocycles. The zero-order chi connectivity index (χ0) is 20.0. The van der Waals surface area contributed by atoms with E-state index in [0.717, 1.165) is 22.3 Å². The fourth-order valence-corrected chi connectivity index (χ4v) is 5.18. The SMILES string of the molecule is Cc1cc(S(=O)(=O)c2cccnc2)ccc1-n1c2ccccc2c2ccccc21. The summed E-state index contributed by atoms with van der Waals surface area (Å²) in [5, 5.41) is 2.35. The van der Waals surface area contributed by atoms with Gasteiger partial charge in [0.1, 0.15) is 0 Å². The van der Waals surface area contributed by atoms with Crippen LogP contribution >= 0.6 is 0 Å². The van der Waals surface area contributed by atoms with Crippen LogP contribution in [-0.4, -0.2) is 18.0 Å². The normalized spacial score (nSPS) is 11.9. The number of aromatic nitrogens is 2. The van der Waals surface area contributed by atoms with Crippen LogP contribution in [-0.2, 0) is 9.84 Å². The van der Waals surface area contributed by atoms with Gasteiger partial charge in [0.15, 0.2) is 0 Å². The van der Waals surface area contributed by atoms with E-state index in [1.54, 1.807) is 30.5 Å². The number of sulfone groups is 1. The standard InChI is InChI=1S/C24H18N2O2S/c1-17-15-18(29(27,28)19-7-6-14-25-16-19)12-13-22(17)26-23-10-4-2-8-20(23)21-9-3-5-11-24(21)26/h2-16H,1H3. The van der Waals surface area contributed by atoms with E-state index in [1.807, 2.05) is 37.3 Å². The van der Waals surface area contributed by atoms with Crippen molar-refractivity contribution in [3.8, 4) is 5.69 Å². The summed E-state index contributed by atoms with van der Waals surface area (Å²) in [7, 11) is -3.60. The van der Waals surface area contributed by atoms with E-state index < -0.39 is 9.84 Å². The van der Waals surface area contributed by atoms with Crippen LogP contribution in [0.15, 0.2) is 101 Å². The number of pyridine rings is 1. The topological polar surface area (TPSA) is 52.0 Å². The third-order valence-corrected chi connectivity index (χ3v) is 6.98. The van der Waals surface area contributed by atoms with Gasteiger partial charge in [-0.25, -0.2) is 8.42 Å². The van der Waals surface area contributed by atoms with Gasteiger partial charge in [0.2, 0.25) is 9.84 Å². The van der Waals surface area contributed by atoms with E-state index in [0.29, 0.717) is 0 Å². The van der Waals surface area contributed by atoms with Gasteiger partial charge in [0, 0.05) is 28.9 Å². The third kappa shape index (κ3) is 2.74. The van der Waals surface area contributed by atoms with Gasteiger partial charge in [-0.1, -0.05) is 36.4 Å². The van der Waals surface area contributed by atoms with Crippen molar-refractivity contribution >= 4 is 31.6 Å². The van der Waals surface area contributed by atoms with Crippen LogP contribution < -0.4 is 0 Å². The Labute approximate surface area is 169 Å². The molecule has 0 saturated heterocycles. The van der Waals surface area contributed by atoms with Crippen molar-refractivity contribution in [2.45, 2.75) is 16.7 Å². The lowest BCUT2D eigenvalue weighted by Gasteiger charge is -2.13. The second-order valence-electron chi connectivity index (χ2n) is 7.01. The highest BCUT2D eigenvalue weighted by Crippen LogP contribution is 2.33. The Kier molecular flexibility index (Phi) is 4.00. The molecule has 0 fully saturated rings. The maximum atomic E-state index is 13.0. The van der Waals surface area contributed by atoms with Crippen molar-refractivity contribution in [2.75, 3.05) is 0 Å². The van der Waals surface area contributed by atoms with Crippen LogP contribution in [0.4, 0.5) is 0 Å². The first-order chi connectivity index (χ1) is 14.1. The average Bonchev–Trinajstić information content (AvgIpc) is 3.09. The Morgan fingerprint density at radius 2 is 1.41 bits per heavy atom. The van der Waals surface area contributed by atoms with Crippen molar-refractivity contribution in [3.63, 3.8) is 0 Å². The molecule has 0 aliphatic carbocycles. The summed E-state index contributed by atoms with van der Waals surface area (Å²) >= 11 is 0. The van der Waals surface area contributed by atoms with Crippen molar-refractivity contribution < 1.29 is 8.42 Å². The molecule has 2 aromatic heterocycles. The summed E-state index contributed by atoms with van der Waals surface area (Å²) in [6, 6.07) is 25.0. The molecule has 0 aliphatic rings. The Bertz CT molecular complexity index is 1420. The van der Waals surface area contributed by atoms with Gasteiger partial charge in [-0.2, -0.15) is 0 Å².